The molecule has 0 aliphatic heterocycles. The Morgan fingerprint density at radius 2 is 2.13 bits per heavy atom. The summed E-state index contributed by atoms with van der Waals surface area (Å²) in [6, 6.07) is 7.20. The lowest BCUT2D eigenvalue weighted by Gasteiger charge is -2.04. The quantitative estimate of drug-likeness (QED) is 0.773. The summed E-state index contributed by atoms with van der Waals surface area (Å²) in [6.07, 6.45) is 3.39. The van der Waals surface area contributed by atoms with Crippen molar-refractivity contribution in [2.75, 3.05) is 0 Å². The SMILES string of the molecule is Cc1cccc(C(=O)c2cc[nH]c2)c1Cl. The van der Waals surface area contributed by atoms with Gasteiger partial charge in [-0.3, -0.25) is 4.79 Å². The van der Waals surface area contributed by atoms with Gasteiger partial charge in [0.1, 0.15) is 0 Å². The molecule has 2 rings (SSSR count). The maximum absolute atomic E-state index is 12.0. The predicted octanol–water partition coefficient (Wildman–Crippen LogP) is 3.21. The van der Waals surface area contributed by atoms with Gasteiger partial charge in [0.2, 0.25) is 0 Å². The average molecular weight is 220 g/mol. The molecule has 0 fully saturated rings. The Hall–Kier alpha value is -1.54. The molecule has 1 aromatic carbocycles. The van der Waals surface area contributed by atoms with Crippen molar-refractivity contribution in [3.05, 3.63) is 58.4 Å². The molecule has 0 amide bonds. The van der Waals surface area contributed by atoms with Crippen molar-refractivity contribution >= 4 is 17.4 Å². The van der Waals surface area contributed by atoms with Gasteiger partial charge in [-0.1, -0.05) is 23.7 Å². The van der Waals surface area contributed by atoms with E-state index in [0.717, 1.165) is 5.56 Å². The molecule has 1 heterocycles. The molecule has 2 aromatic rings. The van der Waals surface area contributed by atoms with Gasteiger partial charge in [0.25, 0.3) is 0 Å². The molecule has 1 aromatic heterocycles. The molecule has 0 spiro atoms. The number of H-pyrrole nitrogens is 1. The maximum atomic E-state index is 12.0. The van der Waals surface area contributed by atoms with Crippen LogP contribution in [0.3, 0.4) is 0 Å². The Kier molecular flexibility index (Phi) is 2.60. The fourth-order valence-electron chi connectivity index (χ4n) is 1.44. The first kappa shape index (κ1) is 9.99. The number of carbonyl (C=O) groups excluding carboxylic acids is 1. The highest BCUT2D eigenvalue weighted by molar-refractivity contribution is 6.35. The van der Waals surface area contributed by atoms with Crippen LogP contribution in [0.15, 0.2) is 36.7 Å². The lowest BCUT2D eigenvalue weighted by atomic mass is 10.0. The van der Waals surface area contributed by atoms with E-state index in [1.54, 1.807) is 24.5 Å². The number of aromatic nitrogens is 1. The molecule has 76 valence electrons. The number of aryl methyl sites for hydroxylation is 1. The monoisotopic (exact) mass is 219 g/mol. The summed E-state index contributed by atoms with van der Waals surface area (Å²) in [5, 5.41) is 0.531. The number of rotatable bonds is 2. The van der Waals surface area contributed by atoms with Gasteiger partial charge in [-0.05, 0) is 24.6 Å². The van der Waals surface area contributed by atoms with Crippen LogP contribution in [-0.4, -0.2) is 10.8 Å². The van der Waals surface area contributed by atoms with E-state index in [2.05, 4.69) is 4.98 Å². The first-order chi connectivity index (χ1) is 7.20. The highest BCUT2D eigenvalue weighted by atomic mass is 35.5. The minimum Gasteiger partial charge on any atom is -0.367 e. The molecule has 0 unspecified atom stereocenters. The van der Waals surface area contributed by atoms with E-state index in [4.69, 9.17) is 11.6 Å². The minimum atomic E-state index is -0.0510. The number of hydrogen-bond acceptors (Lipinski definition) is 1. The van der Waals surface area contributed by atoms with Gasteiger partial charge in [-0.15, -0.1) is 0 Å². The molecule has 0 atom stereocenters. The van der Waals surface area contributed by atoms with E-state index in [1.807, 2.05) is 19.1 Å². The fourth-order valence-corrected chi connectivity index (χ4v) is 1.66. The highest BCUT2D eigenvalue weighted by Gasteiger charge is 2.13. The zero-order chi connectivity index (χ0) is 10.8. The first-order valence-electron chi connectivity index (χ1n) is 4.63. The predicted molar refractivity (Wildman–Crippen MR) is 60.4 cm³/mol. The summed E-state index contributed by atoms with van der Waals surface area (Å²) >= 11 is 6.07. The zero-order valence-corrected chi connectivity index (χ0v) is 9.01. The Bertz CT molecular complexity index is 488. The fraction of sp³-hybridized carbons (Fsp3) is 0.0833. The van der Waals surface area contributed by atoms with Crippen molar-refractivity contribution in [2.45, 2.75) is 6.92 Å². The third kappa shape index (κ3) is 1.81. The summed E-state index contributed by atoms with van der Waals surface area (Å²) < 4.78 is 0. The normalized spacial score (nSPS) is 10.3. The Labute approximate surface area is 92.9 Å². The van der Waals surface area contributed by atoms with E-state index in [0.29, 0.717) is 16.1 Å². The standard InChI is InChI=1S/C12H10ClNO/c1-8-3-2-4-10(11(8)13)12(15)9-5-6-14-7-9/h2-7,14H,1H3. The number of benzene rings is 1. The molecular formula is C12H10ClNO. The molecular weight excluding hydrogens is 210 g/mol. The van der Waals surface area contributed by atoms with Gasteiger partial charge in [-0.25, -0.2) is 0 Å². The summed E-state index contributed by atoms with van der Waals surface area (Å²) in [5.74, 6) is -0.0510. The van der Waals surface area contributed by atoms with Crippen LogP contribution in [-0.2, 0) is 0 Å². The first-order valence-corrected chi connectivity index (χ1v) is 5.00. The number of ketones is 1. The number of nitrogens with one attached hydrogen (secondary N) is 1. The Morgan fingerprint density at radius 3 is 2.80 bits per heavy atom. The third-order valence-electron chi connectivity index (χ3n) is 2.30. The summed E-state index contributed by atoms with van der Waals surface area (Å²) in [5.41, 5.74) is 2.09. The van der Waals surface area contributed by atoms with Gasteiger partial charge in [0.15, 0.2) is 5.78 Å². The molecule has 0 aliphatic rings. The van der Waals surface area contributed by atoms with Crippen LogP contribution in [0, 0.1) is 6.92 Å². The lowest BCUT2D eigenvalue weighted by Crippen LogP contribution is -2.01. The second-order valence-electron chi connectivity index (χ2n) is 3.37. The van der Waals surface area contributed by atoms with E-state index < -0.39 is 0 Å². The third-order valence-corrected chi connectivity index (χ3v) is 2.80. The second-order valence-corrected chi connectivity index (χ2v) is 3.74. The molecule has 3 heteroatoms. The number of aromatic amines is 1. The molecule has 0 radical (unpaired) electrons. The second kappa shape index (κ2) is 3.91. The Morgan fingerprint density at radius 1 is 1.33 bits per heavy atom. The minimum absolute atomic E-state index is 0.0510. The van der Waals surface area contributed by atoms with Gasteiger partial charge in [-0.2, -0.15) is 0 Å². The molecule has 15 heavy (non-hydrogen) atoms. The summed E-state index contributed by atoms with van der Waals surface area (Å²) in [6.45, 7) is 1.89. The lowest BCUT2D eigenvalue weighted by molar-refractivity contribution is 0.103. The Balaban J connectivity index is 2.47. The van der Waals surface area contributed by atoms with Crippen molar-refractivity contribution in [3.63, 3.8) is 0 Å². The number of hydrogen-bond donors (Lipinski definition) is 1. The van der Waals surface area contributed by atoms with Crippen molar-refractivity contribution in [1.82, 2.24) is 4.98 Å². The highest BCUT2D eigenvalue weighted by Crippen LogP contribution is 2.22. The molecule has 1 N–H and O–H groups in total. The number of halogens is 1. The van der Waals surface area contributed by atoms with Crippen molar-refractivity contribution in [1.29, 1.82) is 0 Å². The summed E-state index contributed by atoms with van der Waals surface area (Å²) in [7, 11) is 0. The van der Waals surface area contributed by atoms with E-state index in [-0.39, 0.29) is 5.78 Å². The smallest absolute Gasteiger partial charge is 0.196 e. The van der Waals surface area contributed by atoms with Crippen molar-refractivity contribution in [2.24, 2.45) is 0 Å². The van der Waals surface area contributed by atoms with Crippen LogP contribution in [0.4, 0.5) is 0 Å². The van der Waals surface area contributed by atoms with Gasteiger partial charge < -0.3 is 4.98 Å². The van der Waals surface area contributed by atoms with Crippen LogP contribution >= 0.6 is 11.6 Å². The molecule has 0 bridgehead atoms. The van der Waals surface area contributed by atoms with Gasteiger partial charge >= 0.3 is 0 Å². The topological polar surface area (TPSA) is 32.9 Å². The van der Waals surface area contributed by atoms with Gasteiger partial charge in [0.05, 0.1) is 5.02 Å². The van der Waals surface area contributed by atoms with Crippen LogP contribution in [0.2, 0.25) is 5.02 Å². The van der Waals surface area contributed by atoms with Crippen molar-refractivity contribution in [3.8, 4) is 0 Å². The molecule has 0 saturated carbocycles. The van der Waals surface area contributed by atoms with Crippen LogP contribution in [0.5, 0.6) is 0 Å². The van der Waals surface area contributed by atoms with Crippen LogP contribution in [0.25, 0.3) is 0 Å². The number of carbonyl (C=O) groups is 1. The van der Waals surface area contributed by atoms with E-state index in [9.17, 15) is 4.79 Å². The zero-order valence-electron chi connectivity index (χ0n) is 8.25. The van der Waals surface area contributed by atoms with E-state index >= 15 is 0 Å². The van der Waals surface area contributed by atoms with Crippen LogP contribution < -0.4 is 0 Å². The summed E-state index contributed by atoms with van der Waals surface area (Å²) in [4.78, 5) is 14.8. The largest absolute Gasteiger partial charge is 0.367 e. The maximum Gasteiger partial charge on any atom is 0.196 e. The average Bonchev–Trinajstić information content (AvgIpc) is 2.74. The molecule has 0 aliphatic carbocycles. The van der Waals surface area contributed by atoms with Crippen LogP contribution in [0.1, 0.15) is 21.5 Å². The molecule has 0 saturated heterocycles. The van der Waals surface area contributed by atoms with Gasteiger partial charge in [0, 0.05) is 23.5 Å². The van der Waals surface area contributed by atoms with Crippen molar-refractivity contribution < 1.29 is 4.79 Å². The van der Waals surface area contributed by atoms with E-state index in [1.165, 1.54) is 0 Å². The molecule has 2 nitrogen and oxygen atoms in total.